The molecule has 0 heterocycles. The van der Waals surface area contributed by atoms with E-state index in [1.165, 1.54) is 19.1 Å². The minimum atomic E-state index is -0.750. The minimum Gasteiger partial charge on any atom is -0.453 e. The van der Waals surface area contributed by atoms with E-state index < -0.39 is 17.9 Å². The molecule has 0 aliphatic heterocycles. The predicted octanol–water partition coefficient (Wildman–Crippen LogP) is 3.38. The summed E-state index contributed by atoms with van der Waals surface area (Å²) in [6.45, 7) is 4.77. The quantitative estimate of drug-likeness (QED) is 0.623. The smallest absolute Gasteiger partial charge is 0.303 e. The number of hydrogen-bond acceptors (Lipinski definition) is 2. The molecule has 0 N–H and O–H groups in total. The fourth-order valence-corrected chi connectivity index (χ4v) is 1.53. The Morgan fingerprint density at radius 1 is 1.67 bits per heavy atom. The summed E-state index contributed by atoms with van der Waals surface area (Å²) in [4.78, 5) is 10.8. The van der Waals surface area contributed by atoms with E-state index in [0.29, 0.717) is 0 Å². The molecule has 0 fully saturated rings. The van der Waals surface area contributed by atoms with Crippen LogP contribution in [0.5, 0.6) is 0 Å². The summed E-state index contributed by atoms with van der Waals surface area (Å²) in [5, 5.41) is 0. The SMILES string of the molecule is C=CC(OC(C)=O)c1cc(Br)ccc1F. The van der Waals surface area contributed by atoms with Crippen molar-refractivity contribution in [3.8, 4) is 0 Å². The van der Waals surface area contributed by atoms with Crippen molar-refractivity contribution in [2.75, 3.05) is 0 Å². The zero-order valence-corrected chi connectivity index (χ0v) is 9.75. The fourth-order valence-electron chi connectivity index (χ4n) is 1.15. The van der Waals surface area contributed by atoms with Gasteiger partial charge in [-0.1, -0.05) is 22.5 Å². The van der Waals surface area contributed by atoms with E-state index in [1.54, 1.807) is 12.1 Å². The Bertz CT molecular complexity index is 390. The lowest BCUT2D eigenvalue weighted by atomic mass is 10.1. The molecule has 0 radical (unpaired) electrons. The van der Waals surface area contributed by atoms with Gasteiger partial charge in [0.2, 0.25) is 0 Å². The average Bonchev–Trinajstić information content (AvgIpc) is 2.18. The van der Waals surface area contributed by atoms with Gasteiger partial charge < -0.3 is 4.74 Å². The molecule has 0 amide bonds. The first-order valence-electron chi connectivity index (χ1n) is 4.29. The number of carbonyl (C=O) groups is 1. The highest BCUT2D eigenvalue weighted by Crippen LogP contribution is 2.25. The van der Waals surface area contributed by atoms with Gasteiger partial charge in [-0.2, -0.15) is 0 Å². The van der Waals surface area contributed by atoms with Crippen molar-refractivity contribution in [3.63, 3.8) is 0 Å². The van der Waals surface area contributed by atoms with Crippen molar-refractivity contribution >= 4 is 21.9 Å². The molecule has 0 saturated carbocycles. The Kier molecular flexibility index (Phi) is 4.03. The van der Waals surface area contributed by atoms with Gasteiger partial charge in [0.15, 0.2) is 0 Å². The number of carbonyl (C=O) groups excluding carboxylic acids is 1. The highest BCUT2D eigenvalue weighted by atomic mass is 79.9. The number of esters is 1. The lowest BCUT2D eigenvalue weighted by Crippen LogP contribution is -2.07. The third-order valence-corrected chi connectivity index (χ3v) is 2.26. The molecule has 1 aromatic rings. The van der Waals surface area contributed by atoms with E-state index >= 15 is 0 Å². The average molecular weight is 273 g/mol. The molecule has 0 saturated heterocycles. The van der Waals surface area contributed by atoms with Gasteiger partial charge >= 0.3 is 5.97 Å². The van der Waals surface area contributed by atoms with Gasteiger partial charge in [0.25, 0.3) is 0 Å². The number of hydrogen-bond donors (Lipinski definition) is 0. The topological polar surface area (TPSA) is 26.3 Å². The maximum atomic E-state index is 13.4. The summed E-state index contributed by atoms with van der Waals surface area (Å²) >= 11 is 3.22. The molecular formula is C11H10BrFO2. The van der Waals surface area contributed by atoms with Crippen LogP contribution in [0, 0.1) is 5.82 Å². The van der Waals surface area contributed by atoms with Crippen molar-refractivity contribution in [2.24, 2.45) is 0 Å². The Morgan fingerprint density at radius 2 is 2.33 bits per heavy atom. The fraction of sp³-hybridized carbons (Fsp3) is 0.182. The van der Waals surface area contributed by atoms with Crippen molar-refractivity contribution in [3.05, 3.63) is 46.7 Å². The Hall–Kier alpha value is -1.16. The summed E-state index contributed by atoms with van der Waals surface area (Å²) in [6.07, 6.45) is 0.631. The maximum Gasteiger partial charge on any atom is 0.303 e. The van der Waals surface area contributed by atoms with Crippen LogP contribution in [0.2, 0.25) is 0 Å². The van der Waals surface area contributed by atoms with Crippen LogP contribution in [0.25, 0.3) is 0 Å². The number of benzene rings is 1. The first-order valence-corrected chi connectivity index (χ1v) is 5.08. The van der Waals surface area contributed by atoms with Gasteiger partial charge in [0.1, 0.15) is 11.9 Å². The Labute approximate surface area is 95.9 Å². The van der Waals surface area contributed by atoms with Gasteiger partial charge in [0.05, 0.1) is 0 Å². The van der Waals surface area contributed by atoms with E-state index in [4.69, 9.17) is 4.74 Å². The summed E-state index contributed by atoms with van der Waals surface area (Å²) < 4.78 is 19.0. The minimum absolute atomic E-state index is 0.287. The molecule has 15 heavy (non-hydrogen) atoms. The van der Waals surface area contributed by atoms with E-state index in [9.17, 15) is 9.18 Å². The molecule has 0 aliphatic rings. The van der Waals surface area contributed by atoms with Crippen molar-refractivity contribution in [2.45, 2.75) is 13.0 Å². The van der Waals surface area contributed by atoms with E-state index in [0.717, 1.165) is 4.47 Å². The third kappa shape index (κ3) is 3.16. The third-order valence-electron chi connectivity index (χ3n) is 1.77. The lowest BCUT2D eigenvalue weighted by molar-refractivity contribution is -0.144. The molecule has 1 rings (SSSR count). The molecule has 0 aliphatic carbocycles. The first kappa shape index (κ1) is 11.9. The van der Waals surface area contributed by atoms with Gasteiger partial charge in [-0.15, -0.1) is 0 Å². The highest BCUT2D eigenvalue weighted by molar-refractivity contribution is 9.10. The second-order valence-electron chi connectivity index (χ2n) is 2.93. The number of halogens is 2. The summed E-state index contributed by atoms with van der Waals surface area (Å²) in [7, 11) is 0. The van der Waals surface area contributed by atoms with Crippen molar-refractivity contribution in [1.29, 1.82) is 0 Å². The second-order valence-corrected chi connectivity index (χ2v) is 3.85. The Balaban J connectivity index is 3.05. The van der Waals surface area contributed by atoms with Gasteiger partial charge in [0, 0.05) is 17.0 Å². The monoisotopic (exact) mass is 272 g/mol. The highest BCUT2D eigenvalue weighted by Gasteiger charge is 2.15. The van der Waals surface area contributed by atoms with Crippen LogP contribution in [-0.4, -0.2) is 5.97 Å². The van der Waals surface area contributed by atoms with Crippen LogP contribution in [-0.2, 0) is 9.53 Å². The van der Waals surface area contributed by atoms with Crippen LogP contribution in [0.3, 0.4) is 0 Å². The van der Waals surface area contributed by atoms with Crippen LogP contribution >= 0.6 is 15.9 Å². The van der Waals surface area contributed by atoms with E-state index in [-0.39, 0.29) is 5.56 Å². The molecule has 2 nitrogen and oxygen atoms in total. The molecule has 0 aromatic heterocycles. The number of rotatable bonds is 3. The lowest BCUT2D eigenvalue weighted by Gasteiger charge is -2.14. The molecular weight excluding hydrogens is 263 g/mol. The van der Waals surface area contributed by atoms with Gasteiger partial charge in [-0.25, -0.2) is 4.39 Å². The molecule has 1 atom stereocenters. The van der Waals surface area contributed by atoms with Gasteiger partial charge in [-0.05, 0) is 24.3 Å². The van der Waals surface area contributed by atoms with E-state index in [1.807, 2.05) is 0 Å². The van der Waals surface area contributed by atoms with Crippen LogP contribution < -0.4 is 0 Å². The molecule has 0 spiro atoms. The zero-order valence-electron chi connectivity index (χ0n) is 8.17. The Morgan fingerprint density at radius 3 is 2.87 bits per heavy atom. The molecule has 1 unspecified atom stereocenters. The molecule has 1 aromatic carbocycles. The van der Waals surface area contributed by atoms with Crippen LogP contribution in [0.1, 0.15) is 18.6 Å². The van der Waals surface area contributed by atoms with Crippen LogP contribution in [0.4, 0.5) is 4.39 Å². The van der Waals surface area contributed by atoms with Crippen molar-refractivity contribution < 1.29 is 13.9 Å². The van der Waals surface area contributed by atoms with E-state index in [2.05, 4.69) is 22.5 Å². The predicted molar refractivity (Wildman–Crippen MR) is 58.8 cm³/mol. The van der Waals surface area contributed by atoms with Gasteiger partial charge in [-0.3, -0.25) is 4.79 Å². The van der Waals surface area contributed by atoms with Crippen molar-refractivity contribution in [1.82, 2.24) is 0 Å². The molecule has 0 bridgehead atoms. The first-order chi connectivity index (χ1) is 7.04. The largest absolute Gasteiger partial charge is 0.453 e. The molecule has 4 heteroatoms. The normalized spacial score (nSPS) is 11.9. The standard InChI is InChI=1S/C11H10BrFO2/c1-3-11(15-7(2)14)9-6-8(12)4-5-10(9)13/h3-6,11H,1H2,2H3. The summed E-state index contributed by atoms with van der Waals surface area (Å²) in [6, 6.07) is 4.44. The maximum absolute atomic E-state index is 13.4. The zero-order chi connectivity index (χ0) is 11.4. The summed E-state index contributed by atoms with van der Waals surface area (Å²) in [5.74, 6) is -0.899. The number of ether oxygens (including phenoxy) is 1. The second kappa shape index (κ2) is 5.07. The molecule has 80 valence electrons. The van der Waals surface area contributed by atoms with Crippen LogP contribution in [0.15, 0.2) is 35.3 Å². The summed E-state index contributed by atoms with van der Waals surface area (Å²) in [5.41, 5.74) is 0.287.